The fraction of sp³-hybridized carbons (Fsp3) is 0.500. The summed E-state index contributed by atoms with van der Waals surface area (Å²) in [7, 11) is 1.67. The van der Waals surface area contributed by atoms with Gasteiger partial charge in [-0.3, -0.25) is 4.57 Å². The Kier molecular flexibility index (Phi) is 4.01. The van der Waals surface area contributed by atoms with E-state index in [0.717, 1.165) is 19.5 Å². The number of hydrogen-bond donors (Lipinski definition) is 1. The Balaban J connectivity index is 2.21. The molecule has 1 N–H and O–H groups in total. The van der Waals surface area contributed by atoms with Crippen LogP contribution in [-0.2, 0) is 7.05 Å². The van der Waals surface area contributed by atoms with Crippen molar-refractivity contribution < 1.29 is 0 Å². The zero-order valence-electron chi connectivity index (χ0n) is 13.6. The van der Waals surface area contributed by atoms with Crippen LogP contribution in [0.2, 0.25) is 0 Å². The van der Waals surface area contributed by atoms with Gasteiger partial charge in [-0.15, -0.1) is 0 Å². The van der Waals surface area contributed by atoms with Crippen LogP contribution in [0.1, 0.15) is 26.0 Å². The van der Waals surface area contributed by atoms with E-state index in [2.05, 4.69) is 40.1 Å². The molecular weight excluding hydrogens is 292 g/mol. The minimum Gasteiger partial charge on any atom is -0.349 e. The maximum Gasteiger partial charge on any atom is 0.349 e. The van der Waals surface area contributed by atoms with Crippen molar-refractivity contribution >= 4 is 16.9 Å². The van der Waals surface area contributed by atoms with Crippen LogP contribution in [0.4, 0.5) is 5.82 Å². The summed E-state index contributed by atoms with van der Waals surface area (Å²) in [4.78, 5) is 23.0. The van der Waals surface area contributed by atoms with E-state index in [0.29, 0.717) is 28.6 Å². The van der Waals surface area contributed by atoms with Gasteiger partial charge < -0.3 is 10.2 Å². The normalized spacial score (nSPS) is 21.4. The van der Waals surface area contributed by atoms with Crippen molar-refractivity contribution in [1.29, 1.82) is 5.26 Å². The van der Waals surface area contributed by atoms with E-state index in [1.54, 1.807) is 19.2 Å². The average Bonchev–Trinajstić information content (AvgIpc) is 2.58. The van der Waals surface area contributed by atoms with Gasteiger partial charge in [0.05, 0.1) is 5.52 Å². The van der Waals surface area contributed by atoms with Gasteiger partial charge in [-0.1, -0.05) is 6.92 Å². The van der Waals surface area contributed by atoms with Gasteiger partial charge >= 0.3 is 5.69 Å². The fourth-order valence-corrected chi connectivity index (χ4v) is 2.97. The number of nitrogens with one attached hydrogen (secondary N) is 1. The molecule has 0 amide bonds. The van der Waals surface area contributed by atoms with Crippen LogP contribution in [0.15, 0.2) is 16.9 Å². The van der Waals surface area contributed by atoms with Gasteiger partial charge in [0.2, 0.25) is 0 Å². The summed E-state index contributed by atoms with van der Waals surface area (Å²) in [5.74, 6) is 0.577. The Hall–Kier alpha value is -2.46. The predicted molar refractivity (Wildman–Crippen MR) is 88.4 cm³/mol. The number of aromatic nitrogens is 3. The molecule has 120 valence electrons. The Bertz CT molecular complexity index is 837. The molecule has 1 fully saturated rings. The summed E-state index contributed by atoms with van der Waals surface area (Å²) in [6.07, 6.45) is 1.00. The van der Waals surface area contributed by atoms with E-state index >= 15 is 0 Å². The zero-order valence-corrected chi connectivity index (χ0v) is 13.6. The van der Waals surface area contributed by atoms with Gasteiger partial charge in [0.25, 0.3) is 0 Å². The lowest BCUT2D eigenvalue weighted by Gasteiger charge is -2.39. The second-order valence-electron chi connectivity index (χ2n) is 5.97. The quantitative estimate of drug-likeness (QED) is 0.881. The van der Waals surface area contributed by atoms with Crippen LogP contribution < -0.4 is 15.9 Å². The molecule has 0 saturated carbocycles. The molecule has 0 bridgehead atoms. The highest BCUT2D eigenvalue weighted by Gasteiger charge is 2.27. The van der Waals surface area contributed by atoms with Crippen molar-refractivity contribution in [3.8, 4) is 6.07 Å². The summed E-state index contributed by atoms with van der Waals surface area (Å²) in [5, 5.41) is 12.6. The molecule has 1 aliphatic heterocycles. The van der Waals surface area contributed by atoms with E-state index in [1.165, 1.54) is 4.57 Å². The van der Waals surface area contributed by atoms with Crippen molar-refractivity contribution in [3.05, 3.63) is 28.3 Å². The molecule has 3 rings (SSSR count). The molecule has 0 unspecified atom stereocenters. The maximum atomic E-state index is 12.2. The lowest BCUT2D eigenvalue weighted by Crippen LogP contribution is -2.56. The third-order valence-corrected chi connectivity index (χ3v) is 4.47. The molecule has 3 heterocycles. The number of rotatable bonds is 2. The van der Waals surface area contributed by atoms with E-state index < -0.39 is 0 Å². The lowest BCUT2D eigenvalue weighted by atomic mass is 10.1. The number of aryl methyl sites for hydroxylation is 1. The first-order chi connectivity index (χ1) is 11.0. The minimum atomic E-state index is -0.308. The number of anilines is 1. The first kappa shape index (κ1) is 15.4. The molecule has 2 aromatic heterocycles. The van der Waals surface area contributed by atoms with Gasteiger partial charge in [0, 0.05) is 32.2 Å². The third-order valence-electron chi connectivity index (χ3n) is 4.47. The number of pyridine rings is 1. The van der Waals surface area contributed by atoms with Crippen molar-refractivity contribution in [2.75, 3.05) is 18.0 Å². The summed E-state index contributed by atoms with van der Waals surface area (Å²) in [6, 6.07) is 6.00. The average molecular weight is 312 g/mol. The lowest BCUT2D eigenvalue weighted by molar-refractivity contribution is 0.395. The SMILES string of the molecule is CC[C@H]1CN(c2nc(=O)n(C)c3ccc(C#N)nc23)[C@@H](C)CN1. The molecule has 0 radical (unpaired) electrons. The summed E-state index contributed by atoms with van der Waals surface area (Å²) >= 11 is 0. The number of hydrogen-bond acceptors (Lipinski definition) is 6. The molecule has 2 atom stereocenters. The van der Waals surface area contributed by atoms with E-state index in [9.17, 15) is 4.79 Å². The van der Waals surface area contributed by atoms with Gasteiger partial charge in [0.1, 0.15) is 17.3 Å². The molecule has 1 saturated heterocycles. The van der Waals surface area contributed by atoms with Crippen molar-refractivity contribution in [3.63, 3.8) is 0 Å². The Morgan fingerprint density at radius 3 is 2.91 bits per heavy atom. The molecule has 2 aromatic rings. The summed E-state index contributed by atoms with van der Waals surface area (Å²) in [5.41, 5.74) is 1.32. The van der Waals surface area contributed by atoms with Gasteiger partial charge in [-0.25, -0.2) is 9.78 Å². The van der Waals surface area contributed by atoms with Crippen LogP contribution in [0.25, 0.3) is 11.0 Å². The second kappa shape index (κ2) is 5.97. The highest BCUT2D eigenvalue weighted by molar-refractivity contribution is 5.86. The van der Waals surface area contributed by atoms with Crippen LogP contribution in [0.5, 0.6) is 0 Å². The summed E-state index contributed by atoms with van der Waals surface area (Å²) < 4.78 is 1.47. The Morgan fingerprint density at radius 1 is 1.43 bits per heavy atom. The van der Waals surface area contributed by atoms with Gasteiger partial charge in [-0.05, 0) is 25.5 Å². The topological polar surface area (TPSA) is 86.8 Å². The maximum absolute atomic E-state index is 12.2. The van der Waals surface area contributed by atoms with E-state index in [4.69, 9.17) is 5.26 Å². The number of nitriles is 1. The van der Waals surface area contributed by atoms with Crippen molar-refractivity contribution in [2.45, 2.75) is 32.4 Å². The Labute approximate surface area is 134 Å². The molecule has 0 aromatic carbocycles. The number of piperazine rings is 1. The van der Waals surface area contributed by atoms with Gasteiger partial charge in [0.15, 0.2) is 5.82 Å². The highest BCUT2D eigenvalue weighted by atomic mass is 16.1. The van der Waals surface area contributed by atoms with Gasteiger partial charge in [-0.2, -0.15) is 10.2 Å². The molecule has 7 heteroatoms. The van der Waals surface area contributed by atoms with Crippen molar-refractivity contribution in [1.82, 2.24) is 19.9 Å². The number of nitrogens with zero attached hydrogens (tertiary/aromatic N) is 5. The Morgan fingerprint density at radius 2 is 2.22 bits per heavy atom. The molecule has 1 aliphatic rings. The first-order valence-corrected chi connectivity index (χ1v) is 7.83. The fourth-order valence-electron chi connectivity index (χ4n) is 2.97. The second-order valence-corrected chi connectivity index (χ2v) is 5.97. The molecule has 0 aliphatic carbocycles. The van der Waals surface area contributed by atoms with Crippen LogP contribution in [-0.4, -0.2) is 39.7 Å². The van der Waals surface area contributed by atoms with Crippen LogP contribution in [0, 0.1) is 11.3 Å². The standard InChI is InChI=1S/C16H20N6O/c1-4-11-9-22(10(2)8-18-11)15-14-13(21(3)16(23)20-15)6-5-12(7-17)19-14/h5-6,10-11,18H,4,8-9H2,1-3H3/t10-,11-/m0/s1. The van der Waals surface area contributed by atoms with E-state index in [1.807, 2.05) is 0 Å². The predicted octanol–water partition coefficient (Wildman–Crippen LogP) is 0.777. The molecule has 23 heavy (non-hydrogen) atoms. The van der Waals surface area contributed by atoms with Crippen LogP contribution in [0.3, 0.4) is 0 Å². The largest absolute Gasteiger partial charge is 0.349 e. The monoisotopic (exact) mass is 312 g/mol. The van der Waals surface area contributed by atoms with Crippen LogP contribution >= 0.6 is 0 Å². The number of fused-ring (bicyclic) bond motifs is 1. The summed E-state index contributed by atoms with van der Waals surface area (Å²) in [6.45, 7) is 5.83. The van der Waals surface area contributed by atoms with E-state index in [-0.39, 0.29) is 11.7 Å². The molecule has 7 nitrogen and oxygen atoms in total. The van der Waals surface area contributed by atoms with Crippen molar-refractivity contribution in [2.24, 2.45) is 7.05 Å². The molecular formula is C16H20N6O. The minimum absolute atomic E-state index is 0.202. The third kappa shape index (κ3) is 2.66. The molecule has 0 spiro atoms. The zero-order chi connectivity index (χ0) is 16.6. The highest BCUT2D eigenvalue weighted by Crippen LogP contribution is 2.25. The smallest absolute Gasteiger partial charge is 0.349 e. The first-order valence-electron chi connectivity index (χ1n) is 7.83.